The average Bonchev–Trinajstić information content (AvgIpc) is 2.27. The number of hydrogen-bond donors (Lipinski definition) is 2. The minimum absolute atomic E-state index is 0.0456. The van der Waals surface area contributed by atoms with Crippen molar-refractivity contribution in [2.24, 2.45) is 5.90 Å². The van der Waals surface area contributed by atoms with Gasteiger partial charge in [-0.2, -0.15) is 0 Å². The minimum Gasteiger partial charge on any atom is -0.497 e. The van der Waals surface area contributed by atoms with Crippen molar-refractivity contribution in [3.63, 3.8) is 0 Å². The molecule has 5 heteroatoms. The number of nitrogens with two attached hydrogens (primary N) is 1. The van der Waals surface area contributed by atoms with Crippen LogP contribution in [0, 0.1) is 0 Å². The van der Waals surface area contributed by atoms with Crippen LogP contribution in [0.2, 0.25) is 0 Å². The summed E-state index contributed by atoms with van der Waals surface area (Å²) in [5.41, 5.74) is 0. The van der Waals surface area contributed by atoms with E-state index in [0.717, 1.165) is 0 Å². The van der Waals surface area contributed by atoms with Gasteiger partial charge in [-0.3, -0.25) is 0 Å². The van der Waals surface area contributed by atoms with Gasteiger partial charge in [-0.25, -0.2) is 5.90 Å². The van der Waals surface area contributed by atoms with Crippen LogP contribution in [-0.4, -0.2) is 31.5 Å². The smallest absolute Gasteiger partial charge is 0.123 e. The van der Waals surface area contributed by atoms with Gasteiger partial charge in [-0.05, 0) is 12.1 Å². The lowest BCUT2D eigenvalue weighted by Gasteiger charge is -2.11. The molecule has 0 aliphatic carbocycles. The number of rotatable bonds is 6. The van der Waals surface area contributed by atoms with E-state index in [1.807, 2.05) is 6.07 Å². The molecule has 1 atom stereocenters. The normalized spacial score (nSPS) is 12.2. The molecule has 0 spiro atoms. The third-order valence-electron chi connectivity index (χ3n) is 1.77. The second kappa shape index (κ2) is 6.23. The summed E-state index contributed by atoms with van der Waals surface area (Å²) in [7, 11) is 1.58. The van der Waals surface area contributed by atoms with Gasteiger partial charge in [0, 0.05) is 6.07 Å². The van der Waals surface area contributed by atoms with Gasteiger partial charge in [-0.15, -0.1) is 0 Å². The fourth-order valence-electron chi connectivity index (χ4n) is 1.04. The van der Waals surface area contributed by atoms with E-state index in [-0.39, 0.29) is 13.2 Å². The van der Waals surface area contributed by atoms with Crippen molar-refractivity contribution >= 4 is 0 Å². The molecule has 3 N–H and O–H groups in total. The minimum atomic E-state index is -0.735. The number of benzene rings is 1. The van der Waals surface area contributed by atoms with E-state index in [0.29, 0.717) is 11.5 Å². The van der Waals surface area contributed by atoms with E-state index in [1.54, 1.807) is 25.3 Å². The summed E-state index contributed by atoms with van der Waals surface area (Å²) in [6, 6.07) is 7.13. The first kappa shape index (κ1) is 11.8. The van der Waals surface area contributed by atoms with E-state index in [4.69, 9.17) is 15.4 Å². The molecule has 1 unspecified atom stereocenters. The number of hydrogen-bond acceptors (Lipinski definition) is 5. The second-order valence-corrected chi connectivity index (χ2v) is 2.98. The van der Waals surface area contributed by atoms with Gasteiger partial charge < -0.3 is 19.4 Å². The van der Waals surface area contributed by atoms with Crippen LogP contribution in [0.4, 0.5) is 0 Å². The Morgan fingerprint density at radius 3 is 2.73 bits per heavy atom. The Kier molecular flexibility index (Phi) is 4.89. The Morgan fingerprint density at radius 1 is 1.33 bits per heavy atom. The van der Waals surface area contributed by atoms with Crippen LogP contribution in [0.1, 0.15) is 0 Å². The number of aliphatic hydroxyl groups excluding tert-OH is 1. The molecule has 0 saturated carbocycles. The third-order valence-corrected chi connectivity index (χ3v) is 1.77. The van der Waals surface area contributed by atoms with Gasteiger partial charge >= 0.3 is 0 Å². The zero-order valence-corrected chi connectivity index (χ0v) is 8.55. The Labute approximate surface area is 88.3 Å². The lowest BCUT2D eigenvalue weighted by molar-refractivity contribution is 0.0116. The van der Waals surface area contributed by atoms with Crippen molar-refractivity contribution < 1.29 is 19.4 Å². The summed E-state index contributed by atoms with van der Waals surface area (Å²) >= 11 is 0. The lowest BCUT2D eigenvalue weighted by atomic mass is 10.3. The van der Waals surface area contributed by atoms with Crippen LogP contribution >= 0.6 is 0 Å². The van der Waals surface area contributed by atoms with Crippen LogP contribution in [0.25, 0.3) is 0 Å². The van der Waals surface area contributed by atoms with Gasteiger partial charge in [0.15, 0.2) is 0 Å². The summed E-state index contributed by atoms with van der Waals surface area (Å²) in [6.07, 6.45) is -0.735. The van der Waals surface area contributed by atoms with Gasteiger partial charge in [0.2, 0.25) is 0 Å². The van der Waals surface area contributed by atoms with E-state index in [9.17, 15) is 5.11 Å². The molecule has 0 amide bonds. The molecule has 84 valence electrons. The Hall–Kier alpha value is -1.30. The second-order valence-electron chi connectivity index (χ2n) is 2.98. The molecular formula is C10H15NO4. The molecular weight excluding hydrogens is 198 g/mol. The number of aliphatic hydroxyl groups is 1. The van der Waals surface area contributed by atoms with Crippen molar-refractivity contribution in [1.82, 2.24) is 0 Å². The monoisotopic (exact) mass is 213 g/mol. The van der Waals surface area contributed by atoms with Crippen molar-refractivity contribution in [1.29, 1.82) is 0 Å². The van der Waals surface area contributed by atoms with E-state index in [2.05, 4.69) is 4.84 Å². The SMILES string of the molecule is COc1cccc(OCC(O)CON)c1. The summed E-state index contributed by atoms with van der Waals surface area (Å²) in [5.74, 6) is 6.14. The molecule has 5 nitrogen and oxygen atoms in total. The first-order valence-corrected chi connectivity index (χ1v) is 4.53. The van der Waals surface area contributed by atoms with Crippen molar-refractivity contribution in [2.45, 2.75) is 6.10 Å². The molecule has 0 aromatic heterocycles. The van der Waals surface area contributed by atoms with Gasteiger partial charge in [-0.1, -0.05) is 6.07 Å². The van der Waals surface area contributed by atoms with Crippen LogP contribution in [-0.2, 0) is 4.84 Å². The topological polar surface area (TPSA) is 73.9 Å². The van der Waals surface area contributed by atoms with Gasteiger partial charge in [0.25, 0.3) is 0 Å². The first-order valence-electron chi connectivity index (χ1n) is 4.53. The summed E-state index contributed by atoms with van der Waals surface area (Å²) in [6.45, 7) is 0.175. The van der Waals surface area contributed by atoms with Crippen LogP contribution in [0.3, 0.4) is 0 Å². The Bertz CT molecular complexity index is 293. The van der Waals surface area contributed by atoms with Gasteiger partial charge in [0.05, 0.1) is 13.7 Å². The summed E-state index contributed by atoms with van der Waals surface area (Å²) in [5, 5.41) is 9.28. The molecule has 1 aromatic carbocycles. The summed E-state index contributed by atoms with van der Waals surface area (Å²) < 4.78 is 10.3. The fraction of sp³-hybridized carbons (Fsp3) is 0.400. The van der Waals surface area contributed by atoms with Crippen LogP contribution in [0.5, 0.6) is 11.5 Å². The molecule has 0 saturated heterocycles. The molecule has 0 heterocycles. The summed E-state index contributed by atoms with van der Waals surface area (Å²) in [4.78, 5) is 4.28. The molecule has 0 aliphatic heterocycles. The number of ether oxygens (including phenoxy) is 2. The molecule has 0 bridgehead atoms. The van der Waals surface area contributed by atoms with Crippen molar-refractivity contribution in [3.05, 3.63) is 24.3 Å². The largest absolute Gasteiger partial charge is 0.497 e. The third kappa shape index (κ3) is 4.16. The van der Waals surface area contributed by atoms with Crippen molar-refractivity contribution in [3.8, 4) is 11.5 Å². The quantitative estimate of drug-likeness (QED) is 0.666. The zero-order valence-electron chi connectivity index (χ0n) is 8.55. The maximum absolute atomic E-state index is 9.28. The van der Waals surface area contributed by atoms with Crippen LogP contribution < -0.4 is 15.4 Å². The Balaban J connectivity index is 2.43. The highest BCUT2D eigenvalue weighted by molar-refractivity contribution is 5.32. The molecule has 15 heavy (non-hydrogen) atoms. The Morgan fingerprint density at radius 2 is 2.07 bits per heavy atom. The highest BCUT2D eigenvalue weighted by Crippen LogP contribution is 2.18. The average molecular weight is 213 g/mol. The van der Waals surface area contributed by atoms with E-state index in [1.165, 1.54) is 0 Å². The predicted octanol–water partition coefficient (Wildman–Crippen LogP) is 0.325. The van der Waals surface area contributed by atoms with E-state index < -0.39 is 6.10 Å². The number of methoxy groups -OCH3 is 1. The maximum Gasteiger partial charge on any atom is 0.123 e. The van der Waals surface area contributed by atoms with Crippen LogP contribution in [0.15, 0.2) is 24.3 Å². The van der Waals surface area contributed by atoms with Crippen molar-refractivity contribution in [2.75, 3.05) is 20.3 Å². The first-order chi connectivity index (χ1) is 7.26. The fourth-order valence-corrected chi connectivity index (χ4v) is 1.04. The molecule has 1 aromatic rings. The molecule has 0 radical (unpaired) electrons. The highest BCUT2D eigenvalue weighted by atomic mass is 16.6. The molecule has 0 fully saturated rings. The lowest BCUT2D eigenvalue weighted by Crippen LogP contribution is -2.25. The maximum atomic E-state index is 9.28. The van der Waals surface area contributed by atoms with Gasteiger partial charge in [0.1, 0.15) is 24.2 Å². The standard InChI is InChI=1S/C10H15NO4/c1-13-9-3-2-4-10(5-9)14-6-8(12)7-15-11/h2-5,8,12H,6-7,11H2,1H3. The zero-order chi connectivity index (χ0) is 11.1. The highest BCUT2D eigenvalue weighted by Gasteiger charge is 2.05. The molecule has 1 rings (SSSR count). The predicted molar refractivity (Wildman–Crippen MR) is 54.6 cm³/mol. The van der Waals surface area contributed by atoms with E-state index >= 15 is 0 Å². The molecule has 0 aliphatic rings.